The molecule has 1 aliphatic heterocycles. The van der Waals surface area contributed by atoms with E-state index in [0.717, 1.165) is 25.9 Å². The second kappa shape index (κ2) is 3.91. The van der Waals surface area contributed by atoms with Gasteiger partial charge in [0.05, 0.1) is 0 Å². The number of hydrogen-bond donors (Lipinski definition) is 0. The maximum Gasteiger partial charge on any atom is 0.209 e. The number of aryl methyl sites for hydroxylation is 1. The number of carbonyl (C=O) groups is 1. The van der Waals surface area contributed by atoms with Gasteiger partial charge in [-0.05, 0) is 18.1 Å². The Morgan fingerprint density at radius 1 is 1.35 bits per heavy atom. The third-order valence-corrected chi connectivity index (χ3v) is 3.74. The Balaban J connectivity index is 2.03. The van der Waals surface area contributed by atoms with Crippen LogP contribution >= 0.6 is 0 Å². The zero-order chi connectivity index (χ0) is 11.8. The maximum absolute atomic E-state index is 10.8. The van der Waals surface area contributed by atoms with Crippen molar-refractivity contribution in [2.75, 3.05) is 13.1 Å². The molecular weight excluding hydrogens is 212 g/mol. The van der Waals surface area contributed by atoms with Crippen molar-refractivity contribution in [3.8, 4) is 0 Å². The molecule has 1 aliphatic rings. The van der Waals surface area contributed by atoms with E-state index in [1.165, 1.54) is 16.5 Å². The third-order valence-electron chi connectivity index (χ3n) is 3.74. The molecule has 1 fully saturated rings. The highest BCUT2D eigenvalue weighted by Crippen LogP contribution is 2.32. The zero-order valence-electron chi connectivity index (χ0n) is 9.97. The molecule has 0 spiro atoms. The number of para-hydroxylation sites is 1. The van der Waals surface area contributed by atoms with Crippen molar-refractivity contribution >= 4 is 17.3 Å². The summed E-state index contributed by atoms with van der Waals surface area (Å²) in [6, 6.07) is 8.47. The van der Waals surface area contributed by atoms with Gasteiger partial charge in [-0.2, -0.15) is 0 Å². The Bertz CT molecular complexity index is 558. The minimum atomic E-state index is 0.492. The Hall–Kier alpha value is -1.77. The van der Waals surface area contributed by atoms with Gasteiger partial charge in [-0.3, -0.25) is 4.79 Å². The van der Waals surface area contributed by atoms with Gasteiger partial charge in [0.1, 0.15) is 0 Å². The molecule has 1 atom stereocenters. The predicted molar refractivity (Wildman–Crippen MR) is 67.9 cm³/mol. The number of likely N-dealkylation sites (tertiary alicyclic amines) is 1. The number of nitrogens with zero attached hydrogens (tertiary/aromatic N) is 2. The minimum absolute atomic E-state index is 0.492. The van der Waals surface area contributed by atoms with Crippen molar-refractivity contribution < 1.29 is 4.79 Å². The zero-order valence-corrected chi connectivity index (χ0v) is 9.97. The van der Waals surface area contributed by atoms with E-state index >= 15 is 0 Å². The van der Waals surface area contributed by atoms with Crippen LogP contribution in [0.25, 0.3) is 10.9 Å². The fourth-order valence-electron chi connectivity index (χ4n) is 2.84. The van der Waals surface area contributed by atoms with E-state index < -0.39 is 0 Å². The number of hydrogen-bond acceptors (Lipinski definition) is 1. The topological polar surface area (TPSA) is 25.2 Å². The van der Waals surface area contributed by atoms with Crippen molar-refractivity contribution in [1.29, 1.82) is 0 Å². The smallest absolute Gasteiger partial charge is 0.209 e. The molecule has 1 aromatic carbocycles. The van der Waals surface area contributed by atoms with E-state index in [1.54, 1.807) is 0 Å². The quantitative estimate of drug-likeness (QED) is 0.723. The van der Waals surface area contributed by atoms with Gasteiger partial charge >= 0.3 is 0 Å². The molecule has 0 bridgehead atoms. The number of rotatable bonds is 2. The highest BCUT2D eigenvalue weighted by atomic mass is 16.1. The van der Waals surface area contributed by atoms with Crippen molar-refractivity contribution in [3.05, 3.63) is 36.0 Å². The molecule has 0 radical (unpaired) electrons. The highest BCUT2D eigenvalue weighted by Gasteiger charge is 2.25. The van der Waals surface area contributed by atoms with Gasteiger partial charge in [0.15, 0.2) is 0 Å². The average Bonchev–Trinajstić information content (AvgIpc) is 2.95. The van der Waals surface area contributed by atoms with Gasteiger partial charge in [0, 0.05) is 43.2 Å². The Kier molecular flexibility index (Phi) is 2.39. The van der Waals surface area contributed by atoms with Gasteiger partial charge < -0.3 is 9.47 Å². The molecule has 0 N–H and O–H groups in total. The Morgan fingerprint density at radius 2 is 2.18 bits per heavy atom. The first kappa shape index (κ1) is 10.4. The molecule has 1 unspecified atom stereocenters. The average molecular weight is 228 g/mol. The van der Waals surface area contributed by atoms with Crippen LogP contribution in [0.4, 0.5) is 0 Å². The highest BCUT2D eigenvalue weighted by molar-refractivity contribution is 5.84. The first-order chi connectivity index (χ1) is 8.29. The molecule has 0 aliphatic carbocycles. The Labute approximate surface area is 101 Å². The lowest BCUT2D eigenvalue weighted by atomic mass is 9.98. The maximum atomic E-state index is 10.8. The van der Waals surface area contributed by atoms with Crippen LogP contribution in [0.15, 0.2) is 30.5 Å². The van der Waals surface area contributed by atoms with Crippen molar-refractivity contribution in [2.24, 2.45) is 7.05 Å². The van der Waals surface area contributed by atoms with Crippen LogP contribution in [0, 0.1) is 0 Å². The summed E-state index contributed by atoms with van der Waals surface area (Å²) in [5.41, 5.74) is 2.65. The van der Waals surface area contributed by atoms with E-state index in [9.17, 15) is 4.79 Å². The van der Waals surface area contributed by atoms with Gasteiger partial charge in [0.2, 0.25) is 6.41 Å². The SMILES string of the molecule is Cn1cc(C2CCN(C=O)C2)c2ccccc21. The van der Waals surface area contributed by atoms with Gasteiger partial charge in [0.25, 0.3) is 0 Å². The van der Waals surface area contributed by atoms with E-state index in [0.29, 0.717) is 5.92 Å². The molecule has 3 nitrogen and oxygen atoms in total. The van der Waals surface area contributed by atoms with Crippen LogP contribution in [0.1, 0.15) is 17.9 Å². The fourth-order valence-corrected chi connectivity index (χ4v) is 2.84. The van der Waals surface area contributed by atoms with E-state index in [4.69, 9.17) is 0 Å². The first-order valence-electron chi connectivity index (χ1n) is 6.03. The van der Waals surface area contributed by atoms with Crippen LogP contribution in [0.2, 0.25) is 0 Å². The van der Waals surface area contributed by atoms with Gasteiger partial charge in [-0.15, -0.1) is 0 Å². The molecule has 0 saturated carbocycles. The molecule has 17 heavy (non-hydrogen) atoms. The number of fused-ring (bicyclic) bond motifs is 1. The summed E-state index contributed by atoms with van der Waals surface area (Å²) in [7, 11) is 2.08. The molecule has 1 aromatic heterocycles. The molecular formula is C14H16N2O. The van der Waals surface area contributed by atoms with Gasteiger partial charge in [-0.1, -0.05) is 18.2 Å². The summed E-state index contributed by atoms with van der Waals surface area (Å²) in [6.07, 6.45) is 4.25. The number of benzene rings is 1. The summed E-state index contributed by atoms with van der Waals surface area (Å²) < 4.78 is 2.17. The number of amides is 1. The largest absolute Gasteiger partial charge is 0.350 e. The van der Waals surface area contributed by atoms with Crippen molar-refractivity contribution in [1.82, 2.24) is 9.47 Å². The fraction of sp³-hybridized carbons (Fsp3) is 0.357. The molecule has 2 heterocycles. The monoisotopic (exact) mass is 228 g/mol. The lowest BCUT2D eigenvalue weighted by molar-refractivity contribution is -0.117. The standard InChI is InChI=1S/C14H16N2O/c1-15-9-13(11-6-7-16(8-11)10-17)12-4-2-3-5-14(12)15/h2-5,9-11H,6-8H2,1H3. The van der Waals surface area contributed by atoms with Crippen LogP contribution in [0.5, 0.6) is 0 Å². The van der Waals surface area contributed by atoms with Crippen LogP contribution in [-0.2, 0) is 11.8 Å². The molecule has 2 aromatic rings. The summed E-state index contributed by atoms with van der Waals surface area (Å²) in [5, 5.41) is 1.33. The first-order valence-corrected chi connectivity index (χ1v) is 6.03. The molecule has 3 rings (SSSR count). The van der Waals surface area contributed by atoms with Crippen LogP contribution in [-0.4, -0.2) is 29.0 Å². The summed E-state index contributed by atoms with van der Waals surface area (Å²) in [6.45, 7) is 1.74. The normalized spacial score (nSPS) is 20.1. The molecule has 88 valence electrons. The Morgan fingerprint density at radius 3 is 2.94 bits per heavy atom. The lowest BCUT2D eigenvalue weighted by Gasteiger charge is -2.09. The van der Waals surface area contributed by atoms with Crippen molar-refractivity contribution in [2.45, 2.75) is 12.3 Å². The molecule has 1 amide bonds. The lowest BCUT2D eigenvalue weighted by Crippen LogP contribution is -2.17. The van der Waals surface area contributed by atoms with Gasteiger partial charge in [-0.25, -0.2) is 0 Å². The van der Waals surface area contributed by atoms with Crippen LogP contribution < -0.4 is 0 Å². The van der Waals surface area contributed by atoms with E-state index in [1.807, 2.05) is 4.90 Å². The van der Waals surface area contributed by atoms with E-state index in [-0.39, 0.29) is 0 Å². The summed E-state index contributed by atoms with van der Waals surface area (Å²) >= 11 is 0. The molecule has 3 heteroatoms. The minimum Gasteiger partial charge on any atom is -0.350 e. The summed E-state index contributed by atoms with van der Waals surface area (Å²) in [5.74, 6) is 0.492. The van der Waals surface area contributed by atoms with Crippen molar-refractivity contribution in [3.63, 3.8) is 0 Å². The molecule has 1 saturated heterocycles. The van der Waals surface area contributed by atoms with Crippen LogP contribution in [0.3, 0.4) is 0 Å². The second-order valence-electron chi connectivity index (χ2n) is 4.80. The second-order valence-corrected chi connectivity index (χ2v) is 4.80. The third kappa shape index (κ3) is 1.62. The summed E-state index contributed by atoms with van der Waals surface area (Å²) in [4.78, 5) is 12.6. The number of aromatic nitrogens is 1. The van der Waals surface area contributed by atoms with E-state index in [2.05, 4.69) is 42.1 Å². The number of carbonyl (C=O) groups excluding carboxylic acids is 1. The predicted octanol–water partition coefficient (Wildman–Crippen LogP) is 2.12.